The van der Waals surface area contributed by atoms with Crippen molar-refractivity contribution in [1.29, 1.82) is 0 Å². The number of halogens is 2. The fraction of sp³-hybridized carbons (Fsp3) is 0.263. The minimum atomic E-state index is -3.68. The third kappa shape index (κ3) is 3.63. The second kappa shape index (κ2) is 6.68. The van der Waals surface area contributed by atoms with E-state index in [1.165, 1.54) is 18.2 Å². The first-order valence-corrected chi connectivity index (χ1v) is 9.99. The first-order chi connectivity index (χ1) is 12.1. The fourth-order valence-electron chi connectivity index (χ4n) is 2.89. The average molecular weight is 395 g/mol. The van der Waals surface area contributed by atoms with Crippen LogP contribution in [0.25, 0.3) is 10.9 Å². The van der Waals surface area contributed by atoms with Gasteiger partial charge in [-0.2, -0.15) is 0 Å². The Bertz CT molecular complexity index is 1070. The Morgan fingerprint density at radius 2 is 1.92 bits per heavy atom. The van der Waals surface area contributed by atoms with Crippen molar-refractivity contribution in [1.82, 2.24) is 9.71 Å². The Morgan fingerprint density at radius 1 is 1.19 bits per heavy atom. The fourth-order valence-corrected chi connectivity index (χ4v) is 4.31. The second-order valence-corrected chi connectivity index (χ2v) is 9.19. The summed E-state index contributed by atoms with van der Waals surface area (Å²) in [5, 5.41) is 1.27. The van der Waals surface area contributed by atoms with Gasteiger partial charge in [0.15, 0.2) is 0 Å². The molecule has 0 saturated heterocycles. The summed E-state index contributed by atoms with van der Waals surface area (Å²) in [6.07, 6.45) is 1.80. The summed E-state index contributed by atoms with van der Waals surface area (Å²) in [5.41, 5.74) is 1.81. The molecule has 1 heterocycles. The van der Waals surface area contributed by atoms with Gasteiger partial charge < -0.3 is 4.98 Å². The highest BCUT2D eigenvalue weighted by Gasteiger charge is 2.27. The lowest BCUT2D eigenvalue weighted by atomic mass is 9.85. The van der Waals surface area contributed by atoms with E-state index < -0.39 is 15.4 Å². The van der Waals surface area contributed by atoms with Gasteiger partial charge in [0, 0.05) is 34.1 Å². The van der Waals surface area contributed by atoms with E-state index in [-0.39, 0.29) is 17.3 Å². The number of fused-ring (bicyclic) bond motifs is 1. The summed E-state index contributed by atoms with van der Waals surface area (Å²) in [7, 11) is -3.68. The van der Waals surface area contributed by atoms with Crippen molar-refractivity contribution in [2.45, 2.75) is 31.1 Å². The summed E-state index contributed by atoms with van der Waals surface area (Å²) >= 11 is 5.97. The maximum absolute atomic E-state index is 13.6. The van der Waals surface area contributed by atoms with Gasteiger partial charge in [-0.1, -0.05) is 25.4 Å². The smallest absolute Gasteiger partial charge is 0.240 e. The lowest BCUT2D eigenvalue weighted by Crippen LogP contribution is -2.36. The molecule has 0 aliphatic carbocycles. The zero-order valence-electron chi connectivity index (χ0n) is 14.7. The molecule has 1 aromatic heterocycles. The van der Waals surface area contributed by atoms with E-state index >= 15 is 0 Å². The third-order valence-electron chi connectivity index (χ3n) is 4.52. The molecule has 4 nitrogen and oxygen atoms in total. The minimum Gasteiger partial charge on any atom is -0.361 e. The van der Waals surface area contributed by atoms with E-state index in [0.29, 0.717) is 10.6 Å². The Hall–Kier alpha value is -1.89. The van der Waals surface area contributed by atoms with Crippen LogP contribution in [-0.2, 0) is 15.4 Å². The standard InChI is InChI=1S/C19H20ClFN2O2S/c1-12-8-14(5-6-17(12)20)26(24,25)23-11-19(2,3)16-10-22-18-7-4-13(21)9-15(16)18/h4-10,22-23H,11H2,1-3H3. The number of aryl methyl sites for hydroxylation is 1. The number of sulfonamides is 1. The molecular formula is C19H20ClFN2O2S. The van der Waals surface area contributed by atoms with Gasteiger partial charge in [0.2, 0.25) is 10.0 Å². The number of hydrogen-bond donors (Lipinski definition) is 2. The molecule has 138 valence electrons. The predicted molar refractivity (Wildman–Crippen MR) is 103 cm³/mol. The predicted octanol–water partition coefficient (Wildman–Crippen LogP) is 4.52. The van der Waals surface area contributed by atoms with Gasteiger partial charge in [0.1, 0.15) is 5.82 Å². The van der Waals surface area contributed by atoms with Gasteiger partial charge in [-0.3, -0.25) is 0 Å². The monoisotopic (exact) mass is 394 g/mol. The molecule has 7 heteroatoms. The highest BCUT2D eigenvalue weighted by atomic mass is 35.5. The number of H-pyrrole nitrogens is 1. The maximum atomic E-state index is 13.6. The number of hydrogen-bond acceptors (Lipinski definition) is 2. The molecule has 0 aliphatic rings. The van der Waals surface area contributed by atoms with Crippen molar-refractivity contribution in [3.05, 3.63) is 64.6 Å². The molecule has 2 N–H and O–H groups in total. The van der Waals surface area contributed by atoms with Crippen molar-refractivity contribution in [2.75, 3.05) is 6.54 Å². The number of aromatic amines is 1. The number of aromatic nitrogens is 1. The first kappa shape index (κ1) is 18.9. The lowest BCUT2D eigenvalue weighted by Gasteiger charge is -2.25. The number of benzene rings is 2. The summed E-state index contributed by atoms with van der Waals surface area (Å²) in [6.45, 7) is 5.75. The molecule has 0 radical (unpaired) electrons. The van der Waals surface area contributed by atoms with Gasteiger partial charge >= 0.3 is 0 Å². The summed E-state index contributed by atoms with van der Waals surface area (Å²) in [4.78, 5) is 3.27. The van der Waals surface area contributed by atoms with Crippen molar-refractivity contribution < 1.29 is 12.8 Å². The third-order valence-corrected chi connectivity index (χ3v) is 6.34. The van der Waals surface area contributed by atoms with Crippen molar-refractivity contribution in [3.8, 4) is 0 Å². The zero-order chi connectivity index (χ0) is 19.1. The molecule has 0 saturated carbocycles. The van der Waals surface area contributed by atoms with Crippen LogP contribution in [0.3, 0.4) is 0 Å². The first-order valence-electron chi connectivity index (χ1n) is 8.13. The maximum Gasteiger partial charge on any atom is 0.240 e. The largest absolute Gasteiger partial charge is 0.361 e. The van der Waals surface area contributed by atoms with Gasteiger partial charge in [0.25, 0.3) is 0 Å². The molecule has 0 fully saturated rings. The molecule has 26 heavy (non-hydrogen) atoms. The highest BCUT2D eigenvalue weighted by molar-refractivity contribution is 7.89. The van der Waals surface area contributed by atoms with E-state index in [4.69, 9.17) is 11.6 Å². The topological polar surface area (TPSA) is 62.0 Å². The zero-order valence-corrected chi connectivity index (χ0v) is 16.3. The SMILES string of the molecule is Cc1cc(S(=O)(=O)NCC(C)(C)c2c[nH]c3ccc(F)cc23)ccc1Cl. The van der Waals surface area contributed by atoms with Crippen molar-refractivity contribution in [3.63, 3.8) is 0 Å². The van der Waals surface area contributed by atoms with Crippen LogP contribution in [0.5, 0.6) is 0 Å². The molecule has 0 aliphatic heterocycles. The summed E-state index contributed by atoms with van der Waals surface area (Å²) in [5.74, 6) is -0.327. The summed E-state index contributed by atoms with van der Waals surface area (Å²) < 4.78 is 41.5. The molecule has 3 aromatic rings. The number of nitrogens with one attached hydrogen (secondary N) is 2. The average Bonchev–Trinajstić information content (AvgIpc) is 2.99. The van der Waals surface area contributed by atoms with E-state index in [1.54, 1.807) is 31.3 Å². The normalized spacial score (nSPS) is 12.7. The molecule has 0 amide bonds. The minimum absolute atomic E-state index is 0.167. The Labute approximate surface area is 157 Å². The van der Waals surface area contributed by atoms with Crippen LogP contribution in [0, 0.1) is 12.7 Å². The highest BCUT2D eigenvalue weighted by Crippen LogP contribution is 2.31. The second-order valence-electron chi connectivity index (χ2n) is 7.01. The van der Waals surface area contributed by atoms with E-state index in [0.717, 1.165) is 16.5 Å². The van der Waals surface area contributed by atoms with E-state index in [1.807, 2.05) is 13.8 Å². The summed E-state index contributed by atoms with van der Waals surface area (Å²) in [6, 6.07) is 9.11. The Balaban J connectivity index is 1.87. The lowest BCUT2D eigenvalue weighted by molar-refractivity contribution is 0.504. The van der Waals surface area contributed by atoms with Gasteiger partial charge in [-0.15, -0.1) is 0 Å². The number of rotatable bonds is 5. The Morgan fingerprint density at radius 3 is 2.62 bits per heavy atom. The molecule has 0 bridgehead atoms. The van der Waals surface area contributed by atoms with Crippen LogP contribution in [0.15, 0.2) is 47.5 Å². The van der Waals surface area contributed by atoms with Gasteiger partial charge in [-0.25, -0.2) is 17.5 Å². The molecular weight excluding hydrogens is 375 g/mol. The van der Waals surface area contributed by atoms with E-state index in [2.05, 4.69) is 9.71 Å². The quantitative estimate of drug-likeness (QED) is 0.668. The molecule has 0 unspecified atom stereocenters. The van der Waals surface area contributed by atoms with Crippen molar-refractivity contribution in [2.24, 2.45) is 0 Å². The molecule has 3 rings (SSSR count). The molecule has 2 aromatic carbocycles. The van der Waals surface area contributed by atoms with Gasteiger partial charge in [-0.05, 0) is 54.4 Å². The van der Waals surface area contributed by atoms with Crippen molar-refractivity contribution >= 4 is 32.5 Å². The van der Waals surface area contributed by atoms with Crippen LogP contribution in [0.2, 0.25) is 5.02 Å². The Kier molecular flexibility index (Phi) is 4.86. The molecule has 0 atom stereocenters. The van der Waals surface area contributed by atoms with E-state index in [9.17, 15) is 12.8 Å². The van der Waals surface area contributed by atoms with Crippen LogP contribution < -0.4 is 4.72 Å². The molecule has 0 spiro atoms. The van der Waals surface area contributed by atoms with Crippen LogP contribution in [0.4, 0.5) is 4.39 Å². The van der Waals surface area contributed by atoms with Crippen LogP contribution >= 0.6 is 11.6 Å². The van der Waals surface area contributed by atoms with Gasteiger partial charge in [0.05, 0.1) is 4.90 Å². The van der Waals surface area contributed by atoms with Crippen LogP contribution in [0.1, 0.15) is 25.0 Å². The van der Waals surface area contributed by atoms with Crippen LogP contribution in [-0.4, -0.2) is 19.9 Å².